The fourth-order valence-electron chi connectivity index (χ4n) is 0. The Morgan fingerprint density at radius 2 is 0.320 bits per heavy atom. The molecular formula is H22O20S3Y2. The van der Waals surface area contributed by atoms with Crippen LogP contribution in [0.2, 0.25) is 0 Å². The fraction of sp³-hybridized carbons (Fsp3) is 0. The molecule has 2 radical (unpaired) electrons. The molecule has 0 aliphatic carbocycles. The number of rotatable bonds is 0. The smallest absolute Gasteiger partial charge is 0.394 e. The van der Waals surface area contributed by atoms with E-state index < -0.39 is 31.2 Å². The second kappa shape index (κ2) is 40.3. The van der Waals surface area contributed by atoms with Crippen LogP contribution in [0.1, 0.15) is 0 Å². The van der Waals surface area contributed by atoms with Gasteiger partial charge >= 0.3 is 31.2 Å². The molecule has 0 aliphatic heterocycles. The van der Waals surface area contributed by atoms with Crippen molar-refractivity contribution in [1.82, 2.24) is 0 Å². The molecule has 0 aromatic heterocycles. The van der Waals surface area contributed by atoms with E-state index in [1.807, 2.05) is 0 Å². The molecule has 0 bridgehead atoms. The van der Waals surface area contributed by atoms with E-state index in [2.05, 4.69) is 0 Å². The van der Waals surface area contributed by atoms with Gasteiger partial charge in [-0.15, -0.1) is 0 Å². The largest absolute Gasteiger partial charge is 0.412 e. The van der Waals surface area contributed by atoms with Gasteiger partial charge in [0.1, 0.15) is 0 Å². The standard InChI is InChI=1S/3H2O4S.8H2O.2Y/c3*1-5(2,3)4;;;;;;;;;;/h3*(H2,1,2,3,4);8*1H2;;. The van der Waals surface area contributed by atoms with Gasteiger partial charge in [-0.25, -0.2) is 0 Å². The van der Waals surface area contributed by atoms with E-state index in [1.54, 1.807) is 0 Å². The van der Waals surface area contributed by atoms with E-state index in [0.717, 1.165) is 0 Å². The summed E-state index contributed by atoms with van der Waals surface area (Å²) in [7, 11) is -14.0. The van der Waals surface area contributed by atoms with E-state index in [1.165, 1.54) is 0 Å². The summed E-state index contributed by atoms with van der Waals surface area (Å²) in [6.07, 6.45) is 0. The molecule has 0 aliphatic rings. The summed E-state index contributed by atoms with van der Waals surface area (Å²) in [5.41, 5.74) is 0. The summed E-state index contributed by atoms with van der Waals surface area (Å²) in [6, 6.07) is 0. The molecule has 0 fully saturated rings. The summed E-state index contributed by atoms with van der Waals surface area (Å²) in [5, 5.41) is 0. The Morgan fingerprint density at radius 1 is 0.320 bits per heavy atom. The van der Waals surface area contributed by atoms with Gasteiger partial charge in [0.15, 0.2) is 0 Å². The van der Waals surface area contributed by atoms with Crippen molar-refractivity contribution in [3.63, 3.8) is 0 Å². The summed E-state index contributed by atoms with van der Waals surface area (Å²) in [6.45, 7) is 0. The molecule has 166 valence electrons. The monoisotopic (exact) mass is 616 g/mol. The average molecular weight is 616 g/mol. The Balaban J connectivity index is -0.00000000655. The molecule has 0 aromatic rings. The van der Waals surface area contributed by atoms with Crippen LogP contribution in [0.25, 0.3) is 0 Å². The first-order valence-corrected chi connectivity index (χ1v) is 6.29. The van der Waals surface area contributed by atoms with Crippen LogP contribution in [0, 0.1) is 0 Å². The van der Waals surface area contributed by atoms with Gasteiger partial charge in [-0.1, -0.05) is 0 Å². The Bertz CT molecular complexity index is 344. The van der Waals surface area contributed by atoms with Crippen molar-refractivity contribution in [3.05, 3.63) is 0 Å². The maximum atomic E-state index is 8.74. The van der Waals surface area contributed by atoms with Crippen molar-refractivity contribution in [2.75, 3.05) is 0 Å². The van der Waals surface area contributed by atoms with Crippen molar-refractivity contribution in [2.24, 2.45) is 0 Å². The van der Waals surface area contributed by atoms with Gasteiger partial charge in [0.25, 0.3) is 0 Å². The van der Waals surface area contributed by atoms with Crippen molar-refractivity contribution >= 4 is 31.2 Å². The van der Waals surface area contributed by atoms with Gasteiger partial charge in [0.2, 0.25) is 0 Å². The molecule has 0 saturated carbocycles. The van der Waals surface area contributed by atoms with Gasteiger partial charge in [-0.2, -0.15) is 25.3 Å². The molecule has 22 N–H and O–H groups in total. The fourth-order valence-corrected chi connectivity index (χ4v) is 0. The first kappa shape index (κ1) is 94.6. The molecule has 0 amide bonds. The SMILES string of the molecule is O.O.O.O.O.O.O.O.O=S(=O)(O)O.O=S(=O)(O)O.O=S(=O)(O)O.[Y].[Y]. The van der Waals surface area contributed by atoms with Crippen LogP contribution in [-0.4, -0.2) is 96.4 Å². The maximum absolute atomic E-state index is 8.74. The third kappa shape index (κ3) is 6280. The van der Waals surface area contributed by atoms with Gasteiger partial charge < -0.3 is 43.8 Å². The zero-order chi connectivity index (χ0) is 13.5. The zero-order valence-electron chi connectivity index (χ0n) is 11.5. The molecule has 0 unspecified atom stereocenters. The Kier molecular flexibility index (Phi) is 152. The molecule has 20 nitrogen and oxygen atoms in total. The van der Waals surface area contributed by atoms with Crippen LogP contribution < -0.4 is 0 Å². The van der Waals surface area contributed by atoms with Gasteiger partial charge in [0, 0.05) is 65.4 Å². The van der Waals surface area contributed by atoms with Crippen molar-refractivity contribution in [1.29, 1.82) is 0 Å². The van der Waals surface area contributed by atoms with Gasteiger partial charge in [-0.3, -0.25) is 27.3 Å². The number of hydrogen-bond acceptors (Lipinski definition) is 6. The van der Waals surface area contributed by atoms with Crippen LogP contribution in [0.3, 0.4) is 0 Å². The third-order valence-corrected chi connectivity index (χ3v) is 0. The minimum absolute atomic E-state index is 0. The maximum Gasteiger partial charge on any atom is 0.394 e. The minimum atomic E-state index is -4.67. The predicted molar refractivity (Wildman–Crippen MR) is 71.4 cm³/mol. The second-order valence-electron chi connectivity index (χ2n) is 1.34. The Morgan fingerprint density at radius 3 is 0.320 bits per heavy atom. The first-order valence-electron chi connectivity index (χ1n) is 2.10. The summed E-state index contributed by atoms with van der Waals surface area (Å²) in [4.78, 5) is 0. The molecular weight excluding hydrogens is 594 g/mol. The van der Waals surface area contributed by atoms with Crippen LogP contribution >= 0.6 is 0 Å². The Hall–Kier alpha value is 1.50. The summed E-state index contributed by atoms with van der Waals surface area (Å²) in [5.74, 6) is 0. The van der Waals surface area contributed by atoms with Crippen LogP contribution in [0.15, 0.2) is 0 Å². The normalized spacial score (nSPS) is 6.96. The molecule has 25 heavy (non-hydrogen) atoms. The van der Waals surface area contributed by atoms with E-state index in [0.29, 0.717) is 0 Å². The van der Waals surface area contributed by atoms with Gasteiger partial charge in [-0.05, 0) is 0 Å². The summed E-state index contributed by atoms with van der Waals surface area (Å²) < 4.78 is 94.8. The van der Waals surface area contributed by atoms with Crippen molar-refractivity contribution in [3.8, 4) is 0 Å². The predicted octanol–water partition coefficient (Wildman–Crippen LogP) is -8.56. The molecule has 0 aromatic carbocycles. The van der Waals surface area contributed by atoms with Crippen LogP contribution in [-0.2, 0) is 96.6 Å². The quantitative estimate of drug-likeness (QED) is 0.138. The molecule has 0 atom stereocenters. The summed E-state index contributed by atoms with van der Waals surface area (Å²) >= 11 is 0. The topological polar surface area (TPSA) is 476 Å². The second-order valence-corrected chi connectivity index (χ2v) is 4.03. The van der Waals surface area contributed by atoms with Crippen LogP contribution in [0.5, 0.6) is 0 Å². The molecule has 25 heteroatoms. The molecule has 0 spiro atoms. The van der Waals surface area contributed by atoms with Crippen LogP contribution in [0.4, 0.5) is 0 Å². The van der Waals surface area contributed by atoms with E-state index in [9.17, 15) is 0 Å². The van der Waals surface area contributed by atoms with E-state index >= 15 is 0 Å². The third-order valence-electron chi connectivity index (χ3n) is 0. The first-order chi connectivity index (χ1) is 6.00. The average Bonchev–Trinajstić information content (AvgIpc) is 1.41. The Labute approximate surface area is 191 Å². The van der Waals surface area contributed by atoms with E-state index in [4.69, 9.17) is 52.6 Å². The van der Waals surface area contributed by atoms with Crippen molar-refractivity contribution < 1.29 is 162 Å². The van der Waals surface area contributed by atoms with E-state index in [-0.39, 0.29) is 109 Å². The number of hydrogen-bond donors (Lipinski definition) is 6. The molecule has 0 heterocycles. The molecule has 0 saturated heterocycles. The van der Waals surface area contributed by atoms with Crippen molar-refractivity contribution in [2.45, 2.75) is 0 Å². The van der Waals surface area contributed by atoms with Gasteiger partial charge in [0.05, 0.1) is 0 Å². The molecule has 0 rings (SSSR count). The minimum Gasteiger partial charge on any atom is -0.412 e. The zero-order valence-corrected chi connectivity index (χ0v) is 19.6.